The van der Waals surface area contributed by atoms with E-state index in [0.29, 0.717) is 24.3 Å². The van der Waals surface area contributed by atoms with Crippen LogP contribution in [0.2, 0.25) is 0 Å². The highest BCUT2D eigenvalue weighted by atomic mass is 127. The average Bonchev–Trinajstić information content (AvgIpc) is 2.34. The molecule has 5 nitrogen and oxygen atoms in total. The second kappa shape index (κ2) is 8.96. The lowest BCUT2D eigenvalue weighted by Crippen LogP contribution is -2.34. The number of guanidine groups is 1. The van der Waals surface area contributed by atoms with Crippen molar-refractivity contribution in [2.45, 2.75) is 20.4 Å². The van der Waals surface area contributed by atoms with Gasteiger partial charge in [-0.25, -0.2) is 9.98 Å². The Labute approximate surface area is 125 Å². The van der Waals surface area contributed by atoms with Crippen molar-refractivity contribution in [3.8, 4) is 5.88 Å². The molecule has 0 radical (unpaired) electrons. The Kier molecular flexibility index (Phi) is 8.43. The number of rotatable bonds is 5. The van der Waals surface area contributed by atoms with Crippen LogP contribution in [-0.2, 0) is 6.54 Å². The van der Waals surface area contributed by atoms with Crippen molar-refractivity contribution in [2.75, 3.05) is 13.7 Å². The molecule has 18 heavy (non-hydrogen) atoms. The van der Waals surface area contributed by atoms with E-state index in [2.05, 4.69) is 29.1 Å². The fraction of sp³-hybridized carbons (Fsp3) is 0.500. The number of ether oxygens (including phenoxy) is 1. The molecule has 0 aliphatic heterocycles. The Bertz CT molecular complexity index is 382. The van der Waals surface area contributed by atoms with Gasteiger partial charge in [0, 0.05) is 18.3 Å². The maximum atomic E-state index is 5.74. The second-order valence-corrected chi connectivity index (χ2v) is 4.15. The van der Waals surface area contributed by atoms with Crippen LogP contribution in [0.3, 0.4) is 0 Å². The molecule has 102 valence electrons. The first kappa shape index (κ1) is 16.9. The van der Waals surface area contributed by atoms with Crippen LogP contribution in [0.4, 0.5) is 0 Å². The van der Waals surface area contributed by atoms with E-state index < -0.39 is 0 Å². The van der Waals surface area contributed by atoms with Crippen molar-refractivity contribution >= 4 is 29.9 Å². The molecule has 0 spiro atoms. The van der Waals surface area contributed by atoms with Crippen molar-refractivity contribution in [2.24, 2.45) is 16.6 Å². The number of pyridine rings is 1. The zero-order valence-electron chi connectivity index (χ0n) is 11.0. The molecule has 0 aliphatic rings. The standard InChI is InChI=1S/C12H20N4O.HI/c1-9(2)7-15-12(13)16-8-10-5-4-6-14-11(10)17-3;/h4-6,9H,7-8H2,1-3H3,(H3,13,15,16);1H. The number of nitrogens with zero attached hydrogens (tertiary/aromatic N) is 2. The van der Waals surface area contributed by atoms with E-state index in [-0.39, 0.29) is 24.0 Å². The van der Waals surface area contributed by atoms with Gasteiger partial charge in [-0.2, -0.15) is 0 Å². The molecule has 0 saturated heterocycles. The third kappa shape index (κ3) is 6.04. The summed E-state index contributed by atoms with van der Waals surface area (Å²) in [6, 6.07) is 3.77. The van der Waals surface area contributed by atoms with Gasteiger partial charge in [-0.15, -0.1) is 24.0 Å². The monoisotopic (exact) mass is 364 g/mol. The van der Waals surface area contributed by atoms with Gasteiger partial charge in [0.15, 0.2) is 5.96 Å². The maximum absolute atomic E-state index is 5.74. The van der Waals surface area contributed by atoms with Crippen molar-refractivity contribution < 1.29 is 4.74 Å². The van der Waals surface area contributed by atoms with Crippen LogP contribution in [0.25, 0.3) is 0 Å². The molecule has 0 unspecified atom stereocenters. The van der Waals surface area contributed by atoms with Crippen LogP contribution in [0.15, 0.2) is 23.3 Å². The fourth-order valence-electron chi connectivity index (χ4n) is 1.26. The lowest BCUT2D eigenvalue weighted by atomic mass is 10.2. The van der Waals surface area contributed by atoms with Gasteiger partial charge in [-0.05, 0) is 12.0 Å². The Morgan fingerprint density at radius 2 is 2.28 bits per heavy atom. The summed E-state index contributed by atoms with van der Waals surface area (Å²) >= 11 is 0. The molecule has 6 heteroatoms. The Morgan fingerprint density at radius 3 is 2.89 bits per heavy atom. The van der Waals surface area contributed by atoms with Crippen LogP contribution in [0.1, 0.15) is 19.4 Å². The molecule has 0 aliphatic carbocycles. The summed E-state index contributed by atoms with van der Waals surface area (Å²) in [6.45, 7) is 5.52. The molecule has 3 N–H and O–H groups in total. The Morgan fingerprint density at radius 1 is 1.56 bits per heavy atom. The first-order valence-corrected chi connectivity index (χ1v) is 5.65. The quantitative estimate of drug-likeness (QED) is 0.475. The molecule has 0 bridgehead atoms. The first-order valence-electron chi connectivity index (χ1n) is 5.65. The van der Waals surface area contributed by atoms with Crippen molar-refractivity contribution in [1.29, 1.82) is 0 Å². The van der Waals surface area contributed by atoms with Crippen molar-refractivity contribution in [1.82, 2.24) is 10.3 Å². The highest BCUT2D eigenvalue weighted by Crippen LogP contribution is 2.14. The van der Waals surface area contributed by atoms with E-state index in [1.807, 2.05) is 12.1 Å². The molecule has 0 atom stereocenters. The van der Waals surface area contributed by atoms with E-state index in [0.717, 1.165) is 12.1 Å². The molecule has 0 aromatic carbocycles. The van der Waals surface area contributed by atoms with Crippen LogP contribution < -0.4 is 15.8 Å². The summed E-state index contributed by atoms with van der Waals surface area (Å²) in [5, 5.41) is 3.06. The van der Waals surface area contributed by atoms with Gasteiger partial charge >= 0.3 is 0 Å². The summed E-state index contributed by atoms with van der Waals surface area (Å²) in [7, 11) is 1.59. The van der Waals surface area contributed by atoms with E-state index in [4.69, 9.17) is 10.5 Å². The van der Waals surface area contributed by atoms with Crippen LogP contribution in [0.5, 0.6) is 5.88 Å². The molecular formula is C12H21IN4O. The lowest BCUT2D eigenvalue weighted by molar-refractivity contribution is 0.392. The predicted octanol–water partition coefficient (Wildman–Crippen LogP) is 1.77. The minimum Gasteiger partial charge on any atom is -0.481 e. The highest BCUT2D eigenvalue weighted by molar-refractivity contribution is 14.0. The van der Waals surface area contributed by atoms with Gasteiger partial charge in [0.05, 0.1) is 13.7 Å². The topological polar surface area (TPSA) is 72.5 Å². The lowest BCUT2D eigenvalue weighted by Gasteiger charge is -2.08. The number of hydrogen-bond acceptors (Lipinski definition) is 3. The Balaban J connectivity index is 0.00000289. The molecule has 0 amide bonds. The number of halogens is 1. The molecule has 0 fully saturated rings. The van der Waals surface area contributed by atoms with Gasteiger partial charge < -0.3 is 15.8 Å². The first-order chi connectivity index (χ1) is 8.13. The number of nitrogens with one attached hydrogen (secondary N) is 1. The summed E-state index contributed by atoms with van der Waals surface area (Å²) in [5.74, 6) is 1.58. The van der Waals surface area contributed by atoms with Crippen LogP contribution in [0, 0.1) is 5.92 Å². The molecule has 1 heterocycles. The molecule has 1 rings (SSSR count). The molecule has 1 aromatic rings. The SMILES string of the molecule is COc1ncccc1CN=C(N)NCC(C)C.I. The number of aliphatic imine (C=N–C) groups is 1. The zero-order chi connectivity index (χ0) is 12.7. The Hall–Kier alpha value is -1.05. The van der Waals surface area contributed by atoms with Gasteiger partial charge in [0.2, 0.25) is 5.88 Å². The fourth-order valence-corrected chi connectivity index (χ4v) is 1.26. The van der Waals surface area contributed by atoms with E-state index in [1.54, 1.807) is 13.3 Å². The van der Waals surface area contributed by atoms with Crippen molar-refractivity contribution in [3.63, 3.8) is 0 Å². The molecular weight excluding hydrogens is 343 g/mol. The molecule has 0 saturated carbocycles. The smallest absolute Gasteiger partial charge is 0.218 e. The summed E-state index contributed by atoms with van der Waals surface area (Å²) in [6.07, 6.45) is 1.69. The van der Waals surface area contributed by atoms with E-state index in [1.165, 1.54) is 0 Å². The third-order valence-corrected chi connectivity index (χ3v) is 2.15. The van der Waals surface area contributed by atoms with E-state index >= 15 is 0 Å². The summed E-state index contributed by atoms with van der Waals surface area (Å²) < 4.78 is 5.13. The van der Waals surface area contributed by atoms with E-state index in [9.17, 15) is 0 Å². The summed E-state index contributed by atoms with van der Waals surface area (Å²) in [4.78, 5) is 8.33. The minimum absolute atomic E-state index is 0. The number of nitrogens with two attached hydrogens (primary N) is 1. The van der Waals surface area contributed by atoms with Crippen molar-refractivity contribution in [3.05, 3.63) is 23.9 Å². The second-order valence-electron chi connectivity index (χ2n) is 4.15. The molecule has 1 aromatic heterocycles. The maximum Gasteiger partial charge on any atom is 0.218 e. The highest BCUT2D eigenvalue weighted by Gasteiger charge is 2.02. The zero-order valence-corrected chi connectivity index (χ0v) is 13.3. The predicted molar refractivity (Wildman–Crippen MR) is 84.4 cm³/mol. The average molecular weight is 364 g/mol. The third-order valence-electron chi connectivity index (χ3n) is 2.15. The van der Waals surface area contributed by atoms with Crippen LogP contribution in [-0.4, -0.2) is 24.6 Å². The van der Waals surface area contributed by atoms with Gasteiger partial charge in [0.25, 0.3) is 0 Å². The van der Waals surface area contributed by atoms with Gasteiger partial charge in [0.1, 0.15) is 0 Å². The normalized spacial score (nSPS) is 11.0. The number of aromatic nitrogens is 1. The minimum atomic E-state index is 0. The van der Waals surface area contributed by atoms with Crippen LogP contribution >= 0.6 is 24.0 Å². The number of methoxy groups -OCH3 is 1. The van der Waals surface area contributed by atoms with Gasteiger partial charge in [-0.3, -0.25) is 0 Å². The van der Waals surface area contributed by atoms with Gasteiger partial charge in [-0.1, -0.05) is 19.9 Å². The summed E-state index contributed by atoms with van der Waals surface area (Å²) in [5.41, 5.74) is 6.66. The number of hydrogen-bond donors (Lipinski definition) is 2. The largest absolute Gasteiger partial charge is 0.481 e.